The highest BCUT2D eigenvalue weighted by atomic mass is 16.6. The molecule has 1 aromatic carbocycles. The molecule has 2 rings (SSSR count). The largest absolute Gasteiger partial charge is 0.376 e. The number of rotatable bonds is 3. The van der Waals surface area contributed by atoms with Crippen molar-refractivity contribution in [3.8, 4) is 0 Å². The molecule has 0 amide bonds. The summed E-state index contributed by atoms with van der Waals surface area (Å²) >= 11 is 0. The Morgan fingerprint density at radius 1 is 1.44 bits per heavy atom. The molecule has 1 aliphatic carbocycles. The molecular formula is C14H20N2O2. The van der Waals surface area contributed by atoms with E-state index in [1.807, 2.05) is 13.0 Å². The van der Waals surface area contributed by atoms with Crippen LogP contribution in [-0.2, 0) is 0 Å². The number of anilines is 1. The van der Waals surface area contributed by atoms with Crippen molar-refractivity contribution in [3.63, 3.8) is 0 Å². The first kappa shape index (κ1) is 12.9. The standard InChI is InChI=1S/C14H20N2O2/c1-10-6-7-12(16(17)18)11(9-10)15-13-5-4-8-14(13,2)3/h6-7,9,13,15H,4-5,8H2,1-3H3. The van der Waals surface area contributed by atoms with Gasteiger partial charge in [-0.15, -0.1) is 0 Å². The first-order chi connectivity index (χ1) is 8.40. The van der Waals surface area contributed by atoms with Crippen molar-refractivity contribution in [1.82, 2.24) is 0 Å². The van der Waals surface area contributed by atoms with Crippen molar-refractivity contribution in [1.29, 1.82) is 0 Å². The molecule has 0 aromatic heterocycles. The van der Waals surface area contributed by atoms with Crippen LogP contribution in [-0.4, -0.2) is 11.0 Å². The summed E-state index contributed by atoms with van der Waals surface area (Å²) in [4.78, 5) is 10.7. The van der Waals surface area contributed by atoms with Gasteiger partial charge < -0.3 is 5.32 Å². The number of hydrogen-bond acceptors (Lipinski definition) is 3. The highest BCUT2D eigenvalue weighted by molar-refractivity contribution is 5.63. The minimum atomic E-state index is -0.316. The molecule has 98 valence electrons. The molecule has 1 aromatic rings. The summed E-state index contributed by atoms with van der Waals surface area (Å²) in [6.45, 7) is 6.40. The van der Waals surface area contributed by atoms with E-state index < -0.39 is 0 Å². The maximum atomic E-state index is 11.0. The Morgan fingerprint density at radius 3 is 2.72 bits per heavy atom. The number of nitrogens with one attached hydrogen (secondary N) is 1. The average molecular weight is 248 g/mol. The minimum absolute atomic E-state index is 0.170. The van der Waals surface area contributed by atoms with Gasteiger partial charge in [0.2, 0.25) is 0 Å². The zero-order valence-corrected chi connectivity index (χ0v) is 11.2. The first-order valence-electron chi connectivity index (χ1n) is 6.42. The van der Waals surface area contributed by atoms with Crippen LogP contribution in [0.1, 0.15) is 38.7 Å². The Morgan fingerprint density at radius 2 is 2.17 bits per heavy atom. The number of aryl methyl sites for hydroxylation is 1. The Labute approximate surface area is 108 Å². The van der Waals surface area contributed by atoms with E-state index in [9.17, 15) is 10.1 Å². The van der Waals surface area contributed by atoms with Gasteiger partial charge in [0, 0.05) is 12.1 Å². The van der Waals surface area contributed by atoms with Crippen molar-refractivity contribution >= 4 is 11.4 Å². The molecule has 1 saturated carbocycles. The van der Waals surface area contributed by atoms with Crippen LogP contribution in [0.25, 0.3) is 0 Å². The Bertz CT molecular complexity index is 469. The van der Waals surface area contributed by atoms with Crippen LogP contribution in [0.5, 0.6) is 0 Å². The quantitative estimate of drug-likeness (QED) is 0.652. The third-order valence-electron chi connectivity index (χ3n) is 3.94. The van der Waals surface area contributed by atoms with E-state index in [2.05, 4.69) is 19.2 Å². The van der Waals surface area contributed by atoms with Gasteiger partial charge >= 0.3 is 0 Å². The van der Waals surface area contributed by atoms with Gasteiger partial charge in [0.15, 0.2) is 0 Å². The normalized spacial score (nSPS) is 21.8. The smallest absolute Gasteiger partial charge is 0.292 e. The first-order valence-corrected chi connectivity index (χ1v) is 6.42. The van der Waals surface area contributed by atoms with Crippen molar-refractivity contribution < 1.29 is 4.92 Å². The van der Waals surface area contributed by atoms with E-state index in [1.165, 1.54) is 12.8 Å². The maximum Gasteiger partial charge on any atom is 0.292 e. The van der Waals surface area contributed by atoms with Crippen LogP contribution in [0.4, 0.5) is 11.4 Å². The molecule has 0 saturated heterocycles. The summed E-state index contributed by atoms with van der Waals surface area (Å²) < 4.78 is 0. The second-order valence-electron chi connectivity index (χ2n) is 5.86. The van der Waals surface area contributed by atoms with E-state index >= 15 is 0 Å². The molecular weight excluding hydrogens is 228 g/mol. The second kappa shape index (κ2) is 4.59. The van der Waals surface area contributed by atoms with E-state index in [4.69, 9.17) is 0 Å². The topological polar surface area (TPSA) is 55.2 Å². The Balaban J connectivity index is 2.28. The van der Waals surface area contributed by atoms with Gasteiger partial charge in [-0.05, 0) is 36.8 Å². The van der Waals surface area contributed by atoms with E-state index in [0.717, 1.165) is 12.0 Å². The fraction of sp³-hybridized carbons (Fsp3) is 0.571. The highest BCUT2D eigenvalue weighted by Gasteiger charge is 2.35. The molecule has 0 aliphatic heterocycles. The number of hydrogen-bond donors (Lipinski definition) is 1. The van der Waals surface area contributed by atoms with Crippen LogP contribution in [0.2, 0.25) is 0 Å². The van der Waals surface area contributed by atoms with E-state index in [1.54, 1.807) is 12.1 Å². The van der Waals surface area contributed by atoms with Gasteiger partial charge in [0.1, 0.15) is 5.69 Å². The van der Waals surface area contributed by atoms with Gasteiger partial charge in [-0.3, -0.25) is 10.1 Å². The van der Waals surface area contributed by atoms with Gasteiger partial charge in [-0.1, -0.05) is 26.3 Å². The summed E-state index contributed by atoms with van der Waals surface area (Å²) in [5, 5.41) is 14.4. The summed E-state index contributed by atoms with van der Waals surface area (Å²) in [5.41, 5.74) is 2.07. The lowest BCUT2D eigenvalue weighted by Gasteiger charge is -2.28. The maximum absolute atomic E-state index is 11.0. The predicted octanol–water partition coefficient (Wildman–Crippen LogP) is 3.89. The molecule has 18 heavy (non-hydrogen) atoms. The monoisotopic (exact) mass is 248 g/mol. The number of benzene rings is 1. The predicted molar refractivity (Wildman–Crippen MR) is 72.9 cm³/mol. The number of nitrogens with zero attached hydrogens (tertiary/aromatic N) is 1. The lowest BCUT2D eigenvalue weighted by Crippen LogP contribution is -2.31. The van der Waals surface area contributed by atoms with Gasteiger partial charge in [0.25, 0.3) is 5.69 Å². The van der Waals surface area contributed by atoms with Crippen LogP contribution in [0.3, 0.4) is 0 Å². The molecule has 0 spiro atoms. The molecule has 1 fully saturated rings. The fourth-order valence-corrected chi connectivity index (χ4v) is 2.71. The highest BCUT2D eigenvalue weighted by Crippen LogP contribution is 2.40. The second-order valence-corrected chi connectivity index (χ2v) is 5.86. The average Bonchev–Trinajstić information content (AvgIpc) is 2.58. The lowest BCUT2D eigenvalue weighted by atomic mass is 9.87. The van der Waals surface area contributed by atoms with Gasteiger partial charge in [-0.25, -0.2) is 0 Å². The SMILES string of the molecule is Cc1ccc([N+](=O)[O-])c(NC2CCCC2(C)C)c1. The minimum Gasteiger partial charge on any atom is -0.376 e. The molecule has 0 heterocycles. The van der Waals surface area contributed by atoms with Crippen molar-refractivity contribution in [2.75, 3.05) is 5.32 Å². The molecule has 4 nitrogen and oxygen atoms in total. The number of nitro benzene ring substituents is 1. The van der Waals surface area contributed by atoms with E-state index in [-0.39, 0.29) is 16.0 Å². The van der Waals surface area contributed by atoms with E-state index in [0.29, 0.717) is 11.7 Å². The van der Waals surface area contributed by atoms with Crippen molar-refractivity contribution in [3.05, 3.63) is 33.9 Å². The molecule has 4 heteroatoms. The lowest BCUT2D eigenvalue weighted by molar-refractivity contribution is -0.384. The third-order valence-corrected chi connectivity index (χ3v) is 3.94. The van der Waals surface area contributed by atoms with Gasteiger partial charge in [-0.2, -0.15) is 0 Å². The summed E-state index contributed by atoms with van der Waals surface area (Å²) in [6.07, 6.45) is 3.44. The molecule has 0 radical (unpaired) electrons. The molecule has 1 aliphatic rings. The van der Waals surface area contributed by atoms with Gasteiger partial charge in [0.05, 0.1) is 4.92 Å². The zero-order chi connectivity index (χ0) is 13.3. The van der Waals surface area contributed by atoms with Crippen LogP contribution < -0.4 is 5.32 Å². The molecule has 1 unspecified atom stereocenters. The fourth-order valence-electron chi connectivity index (χ4n) is 2.71. The number of nitro groups is 1. The third kappa shape index (κ3) is 2.47. The molecule has 1 atom stereocenters. The Kier molecular flexibility index (Phi) is 3.28. The van der Waals surface area contributed by atoms with Crippen LogP contribution in [0, 0.1) is 22.5 Å². The summed E-state index contributed by atoms with van der Waals surface area (Å²) in [6, 6.07) is 5.55. The molecule has 1 N–H and O–H groups in total. The summed E-state index contributed by atoms with van der Waals surface area (Å²) in [5.74, 6) is 0. The Hall–Kier alpha value is -1.58. The van der Waals surface area contributed by atoms with Crippen molar-refractivity contribution in [2.45, 2.75) is 46.1 Å². The zero-order valence-electron chi connectivity index (χ0n) is 11.2. The van der Waals surface area contributed by atoms with Crippen molar-refractivity contribution in [2.24, 2.45) is 5.41 Å². The molecule has 0 bridgehead atoms. The van der Waals surface area contributed by atoms with Crippen LogP contribution in [0.15, 0.2) is 18.2 Å². The summed E-state index contributed by atoms with van der Waals surface area (Å²) in [7, 11) is 0. The van der Waals surface area contributed by atoms with Crippen LogP contribution >= 0.6 is 0 Å².